The van der Waals surface area contributed by atoms with Crippen LogP contribution in [0.4, 0.5) is 11.4 Å². The molecule has 1 aliphatic rings. The molecule has 138 valence electrons. The molecule has 1 aromatic rings. The zero-order valence-corrected chi connectivity index (χ0v) is 15.1. The van der Waals surface area contributed by atoms with Crippen molar-refractivity contribution in [1.82, 2.24) is 5.32 Å². The molecule has 0 aliphatic heterocycles. The molecule has 2 rings (SSSR count). The maximum absolute atomic E-state index is 12.3. The summed E-state index contributed by atoms with van der Waals surface area (Å²) in [6, 6.07) is 5.19. The van der Waals surface area contributed by atoms with E-state index >= 15 is 0 Å². The summed E-state index contributed by atoms with van der Waals surface area (Å²) in [7, 11) is 0. The van der Waals surface area contributed by atoms with Crippen LogP contribution in [0.1, 0.15) is 46.5 Å². The topological polar surface area (TPSA) is 93.5 Å². The van der Waals surface area contributed by atoms with Gasteiger partial charge in [0.1, 0.15) is 5.69 Å². The number of amides is 1. The fraction of sp³-hybridized carbons (Fsp3) is 0.611. The maximum Gasteiger partial charge on any atom is 0.333 e. The standard InChI is InChI=1S/C18H27N3O4/c1-4-25-16-10-6-9-15(17(16)21(23)24)20-14-8-5-7-13(11-14)18(22)19-12(2)3/h6,9-10,12-14,20H,4-5,7-8,11H2,1-3H3,(H,19,22). The summed E-state index contributed by atoms with van der Waals surface area (Å²) in [5.41, 5.74) is 0.406. The molecule has 1 saturated carbocycles. The number of hydrogen-bond acceptors (Lipinski definition) is 5. The Morgan fingerprint density at radius 1 is 1.40 bits per heavy atom. The third-order valence-corrected chi connectivity index (χ3v) is 4.32. The predicted octanol–water partition coefficient (Wildman–Crippen LogP) is 3.49. The van der Waals surface area contributed by atoms with Crippen LogP contribution in [0.3, 0.4) is 0 Å². The van der Waals surface area contributed by atoms with Crippen LogP contribution in [0.2, 0.25) is 0 Å². The summed E-state index contributed by atoms with van der Waals surface area (Å²) < 4.78 is 5.39. The molecule has 0 spiro atoms. The molecule has 2 N–H and O–H groups in total. The van der Waals surface area contributed by atoms with Gasteiger partial charge in [-0.3, -0.25) is 14.9 Å². The number of carbonyl (C=O) groups excluding carboxylic acids is 1. The Balaban J connectivity index is 2.12. The van der Waals surface area contributed by atoms with Crippen LogP contribution in [0.25, 0.3) is 0 Å². The lowest BCUT2D eigenvalue weighted by Gasteiger charge is -2.30. The van der Waals surface area contributed by atoms with Crippen LogP contribution in [0.15, 0.2) is 18.2 Å². The van der Waals surface area contributed by atoms with E-state index in [1.165, 1.54) is 0 Å². The predicted molar refractivity (Wildman–Crippen MR) is 96.9 cm³/mol. The average Bonchev–Trinajstić information content (AvgIpc) is 2.54. The van der Waals surface area contributed by atoms with Gasteiger partial charge in [-0.05, 0) is 52.2 Å². The summed E-state index contributed by atoms with van der Waals surface area (Å²) in [6.45, 7) is 6.05. The van der Waals surface area contributed by atoms with Crippen LogP contribution in [-0.4, -0.2) is 29.5 Å². The van der Waals surface area contributed by atoms with Crippen molar-refractivity contribution in [2.24, 2.45) is 5.92 Å². The van der Waals surface area contributed by atoms with Crippen molar-refractivity contribution in [2.45, 2.75) is 58.5 Å². The molecule has 0 radical (unpaired) electrons. The Morgan fingerprint density at radius 2 is 2.16 bits per heavy atom. The monoisotopic (exact) mass is 349 g/mol. The largest absolute Gasteiger partial charge is 0.487 e. The van der Waals surface area contributed by atoms with Gasteiger partial charge in [0.25, 0.3) is 0 Å². The molecule has 7 heteroatoms. The fourth-order valence-corrected chi connectivity index (χ4v) is 3.28. The van der Waals surface area contributed by atoms with E-state index in [4.69, 9.17) is 4.74 Å². The van der Waals surface area contributed by atoms with Gasteiger partial charge in [0.15, 0.2) is 5.75 Å². The normalized spacial score (nSPS) is 20.2. The van der Waals surface area contributed by atoms with Gasteiger partial charge in [-0.1, -0.05) is 12.5 Å². The van der Waals surface area contributed by atoms with Gasteiger partial charge in [0.05, 0.1) is 11.5 Å². The summed E-state index contributed by atoms with van der Waals surface area (Å²) in [5.74, 6) is 0.282. The Kier molecular flexibility index (Phi) is 6.61. The van der Waals surface area contributed by atoms with Crippen LogP contribution >= 0.6 is 0 Å². The van der Waals surface area contributed by atoms with Crippen LogP contribution in [0, 0.1) is 16.0 Å². The molecule has 1 fully saturated rings. The number of carbonyl (C=O) groups is 1. The summed E-state index contributed by atoms with van der Waals surface area (Å²) in [6.07, 6.45) is 3.35. The lowest BCUT2D eigenvalue weighted by Crippen LogP contribution is -2.40. The molecule has 25 heavy (non-hydrogen) atoms. The van der Waals surface area contributed by atoms with E-state index in [0.717, 1.165) is 19.3 Å². The first-order valence-electron chi connectivity index (χ1n) is 8.89. The quantitative estimate of drug-likeness (QED) is 0.580. The highest BCUT2D eigenvalue weighted by Gasteiger charge is 2.29. The molecule has 1 aromatic carbocycles. The lowest BCUT2D eigenvalue weighted by atomic mass is 9.85. The molecule has 1 aliphatic carbocycles. The van der Waals surface area contributed by atoms with E-state index in [-0.39, 0.29) is 35.3 Å². The molecule has 7 nitrogen and oxygen atoms in total. The minimum Gasteiger partial charge on any atom is -0.487 e. The number of ether oxygens (including phenoxy) is 1. The molecule has 2 unspecified atom stereocenters. The third kappa shape index (κ3) is 5.08. The third-order valence-electron chi connectivity index (χ3n) is 4.32. The number of benzene rings is 1. The lowest BCUT2D eigenvalue weighted by molar-refractivity contribution is -0.385. The second-order valence-corrected chi connectivity index (χ2v) is 6.71. The average molecular weight is 349 g/mol. The van der Waals surface area contributed by atoms with Crippen LogP contribution < -0.4 is 15.4 Å². The first kappa shape index (κ1) is 19.0. The van der Waals surface area contributed by atoms with Gasteiger partial charge >= 0.3 is 5.69 Å². The Bertz CT molecular complexity index is 618. The molecule has 0 bridgehead atoms. The maximum atomic E-state index is 12.3. The first-order valence-corrected chi connectivity index (χ1v) is 8.89. The SMILES string of the molecule is CCOc1cccc(NC2CCCC(C(=O)NC(C)C)C2)c1[N+](=O)[O-]. The highest BCUT2D eigenvalue weighted by atomic mass is 16.6. The second kappa shape index (κ2) is 8.69. The highest BCUT2D eigenvalue weighted by Crippen LogP contribution is 2.37. The zero-order valence-electron chi connectivity index (χ0n) is 15.1. The van der Waals surface area contributed by atoms with E-state index in [1.54, 1.807) is 25.1 Å². The number of nitro benzene ring substituents is 1. The molecule has 1 amide bonds. The Labute approximate surface area is 148 Å². The number of rotatable bonds is 7. The minimum atomic E-state index is -0.418. The summed E-state index contributed by atoms with van der Waals surface area (Å²) in [5, 5.41) is 17.7. The first-order chi connectivity index (χ1) is 11.9. The number of nitrogens with one attached hydrogen (secondary N) is 2. The number of para-hydroxylation sites is 1. The molecule has 0 aromatic heterocycles. The van der Waals surface area contributed by atoms with Crippen molar-refractivity contribution in [3.63, 3.8) is 0 Å². The minimum absolute atomic E-state index is 0.0345. The summed E-state index contributed by atoms with van der Waals surface area (Å²) >= 11 is 0. The summed E-state index contributed by atoms with van der Waals surface area (Å²) in [4.78, 5) is 23.3. The molecule has 0 heterocycles. The molecule has 2 atom stereocenters. The second-order valence-electron chi connectivity index (χ2n) is 6.71. The fourth-order valence-electron chi connectivity index (χ4n) is 3.28. The molecule has 0 saturated heterocycles. The van der Waals surface area contributed by atoms with Crippen LogP contribution in [-0.2, 0) is 4.79 Å². The van der Waals surface area contributed by atoms with E-state index in [9.17, 15) is 14.9 Å². The number of nitro groups is 1. The van der Waals surface area contributed by atoms with Crippen molar-refractivity contribution >= 4 is 17.3 Å². The van der Waals surface area contributed by atoms with Gasteiger partial charge < -0.3 is 15.4 Å². The Hall–Kier alpha value is -2.31. The van der Waals surface area contributed by atoms with Gasteiger partial charge in [0, 0.05) is 18.0 Å². The van der Waals surface area contributed by atoms with Gasteiger partial charge in [-0.2, -0.15) is 0 Å². The van der Waals surface area contributed by atoms with Crippen molar-refractivity contribution in [1.29, 1.82) is 0 Å². The number of nitrogens with zero attached hydrogens (tertiary/aromatic N) is 1. The number of hydrogen-bond donors (Lipinski definition) is 2. The van der Waals surface area contributed by atoms with E-state index in [0.29, 0.717) is 18.7 Å². The zero-order chi connectivity index (χ0) is 18.4. The van der Waals surface area contributed by atoms with Crippen molar-refractivity contribution in [3.8, 4) is 5.75 Å². The number of anilines is 1. The van der Waals surface area contributed by atoms with Gasteiger partial charge in [0.2, 0.25) is 5.91 Å². The Morgan fingerprint density at radius 3 is 2.80 bits per heavy atom. The van der Waals surface area contributed by atoms with E-state index < -0.39 is 4.92 Å². The van der Waals surface area contributed by atoms with Gasteiger partial charge in [-0.25, -0.2) is 0 Å². The van der Waals surface area contributed by atoms with Gasteiger partial charge in [-0.15, -0.1) is 0 Å². The van der Waals surface area contributed by atoms with Crippen molar-refractivity contribution < 1.29 is 14.5 Å². The smallest absolute Gasteiger partial charge is 0.333 e. The van der Waals surface area contributed by atoms with E-state index in [2.05, 4.69) is 10.6 Å². The van der Waals surface area contributed by atoms with Crippen molar-refractivity contribution in [3.05, 3.63) is 28.3 Å². The molecular formula is C18H27N3O4. The van der Waals surface area contributed by atoms with Crippen LogP contribution in [0.5, 0.6) is 5.75 Å². The highest BCUT2D eigenvalue weighted by molar-refractivity contribution is 5.79. The molecular weight excluding hydrogens is 322 g/mol. The van der Waals surface area contributed by atoms with E-state index in [1.807, 2.05) is 13.8 Å². The van der Waals surface area contributed by atoms with Crippen molar-refractivity contribution in [2.75, 3.05) is 11.9 Å².